The predicted molar refractivity (Wildman–Crippen MR) is 160 cm³/mol. The Labute approximate surface area is 265 Å². The Morgan fingerprint density at radius 1 is 1.11 bits per heavy atom. The van der Waals surface area contributed by atoms with Crippen LogP contribution in [0.25, 0.3) is 33.6 Å². The molecule has 47 heavy (non-hydrogen) atoms. The first-order chi connectivity index (χ1) is 22.2. The third-order valence-corrected chi connectivity index (χ3v) is 9.66. The van der Waals surface area contributed by atoms with Crippen molar-refractivity contribution >= 4 is 33.9 Å². The molecule has 5 heterocycles. The van der Waals surface area contributed by atoms with Crippen molar-refractivity contribution in [1.82, 2.24) is 35.1 Å². The van der Waals surface area contributed by atoms with Crippen molar-refractivity contribution in [2.75, 3.05) is 13.1 Å². The van der Waals surface area contributed by atoms with Crippen molar-refractivity contribution in [2.45, 2.75) is 69.3 Å². The summed E-state index contributed by atoms with van der Waals surface area (Å²) >= 11 is 0. The van der Waals surface area contributed by atoms with E-state index in [-0.39, 0.29) is 59.6 Å². The maximum absolute atomic E-state index is 15.6. The largest absolute Gasteiger partial charge is 0.348 e. The number of halogens is 6. The number of fused-ring (bicyclic) bond motifs is 3. The lowest BCUT2D eigenvalue weighted by Gasteiger charge is -2.27. The van der Waals surface area contributed by atoms with E-state index in [1.165, 1.54) is 15.2 Å². The van der Waals surface area contributed by atoms with E-state index in [0.717, 1.165) is 6.07 Å². The van der Waals surface area contributed by atoms with Crippen LogP contribution in [0.2, 0.25) is 0 Å². The molecular weight excluding hydrogens is 628 g/mol. The Morgan fingerprint density at radius 2 is 1.89 bits per heavy atom. The lowest BCUT2D eigenvalue weighted by atomic mass is 10.0. The number of benzene rings is 1. The number of hydrogen-bond acceptors (Lipinski definition) is 5. The lowest BCUT2D eigenvalue weighted by molar-refractivity contribution is -0.125. The number of aromatic nitrogens is 4. The molecule has 2 bridgehead atoms. The molecule has 0 unspecified atom stereocenters. The zero-order valence-electron chi connectivity index (χ0n) is 25.6. The Hall–Kier alpha value is -4.14. The Kier molecular flexibility index (Phi) is 7.52. The zero-order chi connectivity index (χ0) is 33.4. The van der Waals surface area contributed by atoms with Crippen LogP contribution in [0.15, 0.2) is 30.3 Å². The zero-order valence-corrected chi connectivity index (χ0v) is 25.6. The molecule has 5 atom stereocenters. The van der Waals surface area contributed by atoms with Gasteiger partial charge in [-0.2, -0.15) is 0 Å². The van der Waals surface area contributed by atoms with E-state index in [0.29, 0.717) is 17.6 Å². The van der Waals surface area contributed by atoms with Gasteiger partial charge < -0.3 is 25.1 Å². The van der Waals surface area contributed by atoms with Gasteiger partial charge in [-0.05, 0) is 57.0 Å². The van der Waals surface area contributed by atoms with Crippen LogP contribution in [0, 0.1) is 17.7 Å². The number of alkyl halides is 5. The number of aryl methyl sites for hydroxylation is 1. The number of amides is 2. The van der Waals surface area contributed by atoms with E-state index in [4.69, 9.17) is 0 Å². The number of hydrogen-bond donors (Lipinski definition) is 3. The van der Waals surface area contributed by atoms with E-state index in [1.807, 2.05) is 0 Å². The lowest BCUT2D eigenvalue weighted by Crippen LogP contribution is -2.52. The fourth-order valence-electron chi connectivity index (χ4n) is 6.93. The van der Waals surface area contributed by atoms with Crippen LogP contribution in [0.4, 0.5) is 26.3 Å². The smallest absolute Gasteiger partial charge is 0.265 e. The predicted octanol–water partition coefficient (Wildman–Crippen LogP) is 5.04. The third kappa shape index (κ3) is 5.51. The molecule has 250 valence electrons. The molecule has 4 aromatic rings. The van der Waals surface area contributed by atoms with Crippen molar-refractivity contribution in [3.05, 3.63) is 47.4 Å². The van der Waals surface area contributed by atoms with E-state index >= 15 is 13.2 Å². The van der Waals surface area contributed by atoms with Crippen LogP contribution in [-0.2, 0) is 18.4 Å². The first-order valence-corrected chi connectivity index (χ1v) is 15.6. The number of nitrogens with one attached hydrogen (secondary N) is 3. The molecule has 3 aromatic heterocycles. The minimum atomic E-state index is -3.33. The highest BCUT2D eigenvalue weighted by molar-refractivity contribution is 5.98. The minimum Gasteiger partial charge on any atom is -0.348 e. The molecule has 3 N–H and O–H groups in total. The Bertz CT molecular complexity index is 1910. The number of piperidine rings is 1. The number of imidazole rings is 1. The monoisotopic (exact) mass is 661 g/mol. The molecule has 2 aliphatic heterocycles. The van der Waals surface area contributed by atoms with Crippen LogP contribution < -0.4 is 16.0 Å². The second-order valence-corrected chi connectivity index (χ2v) is 12.9. The van der Waals surface area contributed by atoms with Gasteiger partial charge in [-0.25, -0.2) is 36.3 Å². The molecule has 0 spiro atoms. The summed E-state index contributed by atoms with van der Waals surface area (Å²) in [6.07, 6.45) is -2.19. The van der Waals surface area contributed by atoms with Crippen LogP contribution in [0.5, 0.6) is 0 Å². The summed E-state index contributed by atoms with van der Waals surface area (Å²) in [5.74, 6) is -11.7. The first kappa shape index (κ1) is 31.5. The standard InChI is InChI=1S/C32H33F6N7O2/c1-15-21-6-5-16-10-25(45(27(16)41-21)14-31(35,36)8-3-4-18-26(30(47)40-15)32(18,37)38)28-42-22-11-17(20(34)12-24(22)44(28)2)29(46)43-23-13-39-9-7-19(23)33/h5-6,10-12,15,18-19,23,26,39H,3-4,7-9,13-14H2,1-2H3,(H,40,47)(H,43,46)/t15-,18-,19+,23+,26+/m1/s1. The van der Waals surface area contributed by atoms with Gasteiger partial charge in [0, 0.05) is 37.4 Å². The summed E-state index contributed by atoms with van der Waals surface area (Å²) in [4.78, 5) is 34.9. The Balaban J connectivity index is 1.28. The topological polar surface area (TPSA) is 106 Å². The van der Waals surface area contributed by atoms with Gasteiger partial charge >= 0.3 is 0 Å². The molecule has 1 saturated carbocycles. The summed E-state index contributed by atoms with van der Waals surface area (Å²) in [5, 5.41) is 8.62. The maximum atomic E-state index is 15.6. The SMILES string of the molecule is C[C@H]1NC(=O)[C@@H]2[C@@H](CCCC(F)(F)Cn3c(-c4nc5cc(C(=O)N[C@H]6CNCC[C@@H]6F)c(F)cc5n4C)cc4ccc1nc43)C2(F)F. The molecule has 2 fully saturated rings. The average Bonchev–Trinajstić information content (AvgIpc) is 3.23. The van der Waals surface area contributed by atoms with Crippen molar-refractivity contribution in [3.8, 4) is 11.5 Å². The van der Waals surface area contributed by atoms with E-state index < -0.39 is 72.5 Å². The second kappa shape index (κ2) is 11.2. The molecule has 1 aromatic carbocycles. The molecule has 2 amide bonds. The minimum absolute atomic E-state index is 0.171. The summed E-state index contributed by atoms with van der Waals surface area (Å²) in [5.41, 5.74) is 0.865. The normalized spacial score (nSPS) is 27.3. The Morgan fingerprint density at radius 3 is 2.66 bits per heavy atom. The number of rotatable bonds is 3. The van der Waals surface area contributed by atoms with Crippen molar-refractivity contribution < 1.29 is 35.9 Å². The summed E-state index contributed by atoms with van der Waals surface area (Å²) in [7, 11) is 1.58. The fraction of sp³-hybridized carbons (Fsp3) is 0.500. The molecule has 9 nitrogen and oxygen atoms in total. The van der Waals surface area contributed by atoms with Crippen LogP contribution >= 0.6 is 0 Å². The fourth-order valence-corrected chi connectivity index (χ4v) is 6.93. The molecule has 15 heteroatoms. The van der Waals surface area contributed by atoms with Gasteiger partial charge in [-0.3, -0.25) is 9.59 Å². The highest BCUT2D eigenvalue weighted by Gasteiger charge is 2.71. The summed E-state index contributed by atoms with van der Waals surface area (Å²) < 4.78 is 92.4. The number of nitrogens with zero attached hydrogens (tertiary/aromatic N) is 4. The molecule has 7 rings (SSSR count). The maximum Gasteiger partial charge on any atom is 0.265 e. The molecule has 3 aliphatic rings. The highest BCUT2D eigenvalue weighted by Crippen LogP contribution is 2.58. The number of carbonyl (C=O) groups excluding carboxylic acids is 2. The summed E-state index contributed by atoms with van der Waals surface area (Å²) in [6, 6.07) is 5.62. The molecule has 1 saturated heterocycles. The van der Waals surface area contributed by atoms with E-state index in [9.17, 15) is 22.8 Å². The van der Waals surface area contributed by atoms with Gasteiger partial charge in [0.15, 0.2) is 5.82 Å². The average molecular weight is 662 g/mol. The van der Waals surface area contributed by atoms with Gasteiger partial charge in [0.05, 0.1) is 46.6 Å². The van der Waals surface area contributed by atoms with Crippen LogP contribution in [-0.4, -0.2) is 68.1 Å². The van der Waals surface area contributed by atoms with Gasteiger partial charge in [0.2, 0.25) is 5.91 Å². The van der Waals surface area contributed by atoms with Gasteiger partial charge in [0.1, 0.15) is 23.6 Å². The highest BCUT2D eigenvalue weighted by atomic mass is 19.3. The molecule has 1 aliphatic carbocycles. The van der Waals surface area contributed by atoms with Crippen molar-refractivity contribution in [3.63, 3.8) is 0 Å². The van der Waals surface area contributed by atoms with E-state index in [2.05, 4.69) is 25.9 Å². The second-order valence-electron chi connectivity index (χ2n) is 12.9. The van der Waals surface area contributed by atoms with Crippen molar-refractivity contribution in [1.29, 1.82) is 0 Å². The molecular formula is C32H33F6N7O2. The number of carbonyl (C=O) groups is 2. The van der Waals surface area contributed by atoms with Gasteiger partial charge in [0.25, 0.3) is 17.8 Å². The number of pyridine rings is 1. The van der Waals surface area contributed by atoms with Crippen molar-refractivity contribution in [2.24, 2.45) is 18.9 Å². The molecule has 0 radical (unpaired) electrons. The third-order valence-electron chi connectivity index (χ3n) is 9.66. The van der Waals surface area contributed by atoms with Gasteiger partial charge in [-0.1, -0.05) is 0 Å². The summed E-state index contributed by atoms with van der Waals surface area (Å²) in [6.45, 7) is 1.43. The van der Waals surface area contributed by atoms with Gasteiger partial charge in [-0.15, -0.1) is 0 Å². The van der Waals surface area contributed by atoms with Crippen LogP contribution in [0.1, 0.15) is 54.7 Å². The van der Waals surface area contributed by atoms with Crippen LogP contribution in [0.3, 0.4) is 0 Å². The quantitative estimate of drug-likeness (QED) is 0.267. The first-order valence-electron chi connectivity index (χ1n) is 15.6. The van der Waals surface area contributed by atoms with E-state index in [1.54, 1.807) is 32.2 Å².